The van der Waals surface area contributed by atoms with Crippen LogP contribution in [0, 0.1) is 23.2 Å². The molecule has 2 aliphatic rings. The van der Waals surface area contributed by atoms with Crippen LogP contribution in [-0.2, 0) is 4.79 Å². The van der Waals surface area contributed by atoms with Crippen molar-refractivity contribution >= 4 is 5.78 Å². The Morgan fingerprint density at radius 3 is 2.57 bits per heavy atom. The number of hydrogen-bond donors (Lipinski definition) is 1. The Balaban J connectivity index is 2.44. The molecule has 14 heavy (non-hydrogen) atoms. The molecule has 3 atom stereocenters. The summed E-state index contributed by atoms with van der Waals surface area (Å²) in [5.74, 6) is 1.29. The lowest BCUT2D eigenvalue weighted by Gasteiger charge is -2.25. The van der Waals surface area contributed by atoms with Crippen molar-refractivity contribution in [2.24, 2.45) is 23.2 Å². The fraction of sp³-hybridized carbons (Fsp3) is 0.750. The predicted molar refractivity (Wildman–Crippen MR) is 54.9 cm³/mol. The van der Waals surface area contributed by atoms with E-state index in [9.17, 15) is 4.79 Å². The van der Waals surface area contributed by atoms with Crippen molar-refractivity contribution < 1.29 is 9.90 Å². The van der Waals surface area contributed by atoms with Gasteiger partial charge in [-0.25, -0.2) is 0 Å². The third-order valence-corrected chi connectivity index (χ3v) is 4.30. The van der Waals surface area contributed by atoms with Gasteiger partial charge in [-0.1, -0.05) is 20.8 Å². The number of rotatable bonds is 0. The maximum absolute atomic E-state index is 12.0. The van der Waals surface area contributed by atoms with Gasteiger partial charge in [0.05, 0.1) is 6.26 Å². The monoisotopic (exact) mass is 194 g/mol. The highest BCUT2D eigenvalue weighted by molar-refractivity contribution is 6.01. The number of carbonyl (C=O) groups excluding carboxylic acids is 1. The molecule has 0 radical (unpaired) electrons. The van der Waals surface area contributed by atoms with Gasteiger partial charge >= 0.3 is 0 Å². The molecule has 2 saturated carbocycles. The predicted octanol–water partition coefficient (Wildman–Crippen LogP) is 2.70. The summed E-state index contributed by atoms with van der Waals surface area (Å²) in [7, 11) is 0. The van der Waals surface area contributed by atoms with Crippen molar-refractivity contribution in [1.29, 1.82) is 0 Å². The van der Waals surface area contributed by atoms with Gasteiger partial charge in [0.15, 0.2) is 5.78 Å². The third-order valence-electron chi connectivity index (χ3n) is 4.30. The van der Waals surface area contributed by atoms with E-state index in [0.717, 1.165) is 19.1 Å². The first-order chi connectivity index (χ1) is 6.50. The second-order valence-electron chi connectivity index (χ2n) is 5.32. The molecule has 0 aromatic rings. The first kappa shape index (κ1) is 9.75. The van der Waals surface area contributed by atoms with E-state index in [2.05, 4.69) is 20.8 Å². The molecule has 2 rings (SSSR count). The van der Waals surface area contributed by atoms with E-state index < -0.39 is 0 Å². The molecule has 2 aliphatic carbocycles. The first-order valence-corrected chi connectivity index (χ1v) is 5.39. The molecule has 0 amide bonds. The van der Waals surface area contributed by atoms with Crippen LogP contribution in [0.25, 0.3) is 0 Å². The summed E-state index contributed by atoms with van der Waals surface area (Å²) in [5, 5.41) is 9.13. The molecule has 0 unspecified atom stereocenters. The molecule has 0 aromatic heterocycles. The molecular weight excluding hydrogens is 176 g/mol. The van der Waals surface area contributed by atoms with Gasteiger partial charge in [0, 0.05) is 11.5 Å². The number of carbonyl (C=O) groups is 1. The molecule has 0 heterocycles. The van der Waals surface area contributed by atoms with Crippen LogP contribution < -0.4 is 0 Å². The normalized spacial score (nSPS) is 43.2. The zero-order chi connectivity index (χ0) is 10.5. The van der Waals surface area contributed by atoms with E-state index in [4.69, 9.17) is 5.11 Å². The highest BCUT2D eigenvalue weighted by Gasteiger charge is 2.55. The van der Waals surface area contributed by atoms with Crippen molar-refractivity contribution in [2.45, 2.75) is 33.6 Å². The van der Waals surface area contributed by atoms with Crippen LogP contribution in [0.15, 0.2) is 11.8 Å². The third kappa shape index (κ3) is 0.999. The number of aliphatic hydroxyl groups is 1. The van der Waals surface area contributed by atoms with Crippen LogP contribution in [0.1, 0.15) is 33.6 Å². The summed E-state index contributed by atoms with van der Waals surface area (Å²) in [6, 6.07) is 0. The summed E-state index contributed by atoms with van der Waals surface area (Å²) in [5.41, 5.74) is 0.514. The Kier molecular flexibility index (Phi) is 1.98. The average molecular weight is 194 g/mol. The van der Waals surface area contributed by atoms with Gasteiger partial charge in [-0.3, -0.25) is 4.79 Å². The number of hydrogen-bond acceptors (Lipinski definition) is 2. The fourth-order valence-corrected chi connectivity index (χ4v) is 3.38. The van der Waals surface area contributed by atoms with Crippen LogP contribution in [0.2, 0.25) is 0 Å². The lowest BCUT2D eigenvalue weighted by atomic mass is 9.77. The summed E-state index contributed by atoms with van der Waals surface area (Å²) >= 11 is 0. The molecule has 0 aromatic carbocycles. The van der Waals surface area contributed by atoms with Crippen LogP contribution in [-0.4, -0.2) is 10.9 Å². The van der Waals surface area contributed by atoms with E-state index >= 15 is 0 Å². The minimum Gasteiger partial charge on any atom is -0.515 e. The summed E-state index contributed by atoms with van der Waals surface area (Å²) in [6.45, 7) is 6.31. The van der Waals surface area contributed by atoms with E-state index in [1.807, 2.05) is 0 Å². The lowest BCUT2D eigenvalue weighted by molar-refractivity contribution is -0.119. The van der Waals surface area contributed by atoms with E-state index in [-0.39, 0.29) is 17.1 Å². The molecule has 0 saturated heterocycles. The van der Waals surface area contributed by atoms with Crippen LogP contribution in [0.3, 0.4) is 0 Å². The molecule has 0 bridgehead atoms. The van der Waals surface area contributed by atoms with Crippen molar-refractivity contribution in [3.63, 3.8) is 0 Å². The Morgan fingerprint density at radius 1 is 1.43 bits per heavy atom. The number of allylic oxidation sites excluding steroid dienone is 1. The largest absolute Gasteiger partial charge is 0.515 e. The number of aliphatic hydroxyl groups excluding tert-OH is 1. The minimum atomic E-state index is -0.124. The quantitative estimate of drug-likeness (QED) is 0.475. The molecule has 2 fully saturated rings. The second kappa shape index (κ2) is 2.85. The molecule has 2 nitrogen and oxygen atoms in total. The Bertz CT molecular complexity index is 301. The standard InChI is InChI=1S/C12H18O2/c1-7-4-5-8-10(7)11(14)9(6-13)12(8,2)3/h6-8,10,13H,4-5H2,1-3H3/b9-6-/t7-,8+,10-/m1/s1. The molecule has 2 heteroatoms. The zero-order valence-corrected chi connectivity index (χ0v) is 9.08. The highest BCUT2D eigenvalue weighted by atomic mass is 16.2. The van der Waals surface area contributed by atoms with Crippen molar-refractivity contribution in [3.8, 4) is 0 Å². The SMILES string of the molecule is C[C@@H]1CC[C@H]2[C@@H]1C(=O)/C(=C/O)C2(C)C. The molecule has 1 N–H and O–H groups in total. The van der Waals surface area contributed by atoms with E-state index in [1.54, 1.807) is 0 Å². The van der Waals surface area contributed by atoms with Gasteiger partial charge in [-0.05, 0) is 30.1 Å². The zero-order valence-electron chi connectivity index (χ0n) is 9.08. The van der Waals surface area contributed by atoms with Gasteiger partial charge < -0.3 is 5.11 Å². The highest BCUT2D eigenvalue weighted by Crippen LogP contribution is 2.57. The molecular formula is C12H18O2. The van der Waals surface area contributed by atoms with Crippen molar-refractivity contribution in [2.75, 3.05) is 0 Å². The topological polar surface area (TPSA) is 37.3 Å². The van der Waals surface area contributed by atoms with Gasteiger partial charge in [0.25, 0.3) is 0 Å². The van der Waals surface area contributed by atoms with Crippen molar-refractivity contribution in [3.05, 3.63) is 11.8 Å². The number of fused-ring (bicyclic) bond motifs is 1. The smallest absolute Gasteiger partial charge is 0.166 e. The van der Waals surface area contributed by atoms with Crippen LogP contribution in [0.4, 0.5) is 0 Å². The molecule has 78 valence electrons. The summed E-state index contributed by atoms with van der Waals surface area (Å²) in [6.07, 6.45) is 3.32. The van der Waals surface area contributed by atoms with Gasteiger partial charge in [-0.15, -0.1) is 0 Å². The minimum absolute atomic E-state index is 0.124. The maximum atomic E-state index is 12.0. The fourth-order valence-electron chi connectivity index (χ4n) is 3.38. The van der Waals surface area contributed by atoms with Gasteiger partial charge in [-0.2, -0.15) is 0 Å². The Labute approximate surface area is 85.0 Å². The van der Waals surface area contributed by atoms with Crippen LogP contribution >= 0.6 is 0 Å². The van der Waals surface area contributed by atoms with E-state index in [1.165, 1.54) is 0 Å². The van der Waals surface area contributed by atoms with Gasteiger partial charge in [0.2, 0.25) is 0 Å². The second-order valence-corrected chi connectivity index (χ2v) is 5.32. The number of Topliss-reactive ketones (excluding diaryl/α,β-unsaturated/α-hetero) is 1. The Hall–Kier alpha value is -0.790. The summed E-state index contributed by atoms with van der Waals surface area (Å²) in [4.78, 5) is 12.0. The first-order valence-electron chi connectivity index (χ1n) is 5.39. The maximum Gasteiger partial charge on any atom is 0.166 e. The Morgan fingerprint density at radius 2 is 2.07 bits per heavy atom. The average Bonchev–Trinajstić information content (AvgIpc) is 2.55. The van der Waals surface area contributed by atoms with Crippen molar-refractivity contribution in [1.82, 2.24) is 0 Å². The molecule has 0 spiro atoms. The van der Waals surface area contributed by atoms with Gasteiger partial charge in [0.1, 0.15) is 0 Å². The lowest BCUT2D eigenvalue weighted by Crippen LogP contribution is -2.20. The molecule has 0 aliphatic heterocycles. The van der Waals surface area contributed by atoms with E-state index in [0.29, 0.717) is 17.4 Å². The van der Waals surface area contributed by atoms with Crippen LogP contribution in [0.5, 0.6) is 0 Å². The number of ketones is 1. The summed E-state index contributed by atoms with van der Waals surface area (Å²) < 4.78 is 0.